The van der Waals surface area contributed by atoms with Crippen LogP contribution in [0.2, 0.25) is 0 Å². The molecule has 0 bridgehead atoms. The number of nitrogens with zero attached hydrogens (tertiary/aromatic N) is 3. The van der Waals surface area contributed by atoms with Gasteiger partial charge in [0.15, 0.2) is 11.5 Å². The van der Waals surface area contributed by atoms with Gasteiger partial charge in [-0.2, -0.15) is 9.78 Å². The van der Waals surface area contributed by atoms with Crippen molar-refractivity contribution in [1.29, 1.82) is 0 Å². The highest BCUT2D eigenvalue weighted by molar-refractivity contribution is 9.10. The van der Waals surface area contributed by atoms with Crippen molar-refractivity contribution in [3.8, 4) is 11.5 Å². The number of rotatable bonds is 9. The third-order valence-corrected chi connectivity index (χ3v) is 4.79. The second-order valence-electron chi connectivity index (χ2n) is 6.54. The maximum Gasteiger partial charge on any atom is 0.282 e. The van der Waals surface area contributed by atoms with Crippen LogP contribution in [0.5, 0.6) is 11.5 Å². The van der Waals surface area contributed by atoms with Gasteiger partial charge in [0.1, 0.15) is 12.4 Å². The molecule has 0 fully saturated rings. The van der Waals surface area contributed by atoms with Crippen LogP contribution in [0.25, 0.3) is 10.9 Å². The molecule has 0 N–H and O–H groups in total. The van der Waals surface area contributed by atoms with Crippen molar-refractivity contribution in [2.75, 3.05) is 13.2 Å². The van der Waals surface area contributed by atoms with Crippen molar-refractivity contribution in [1.82, 2.24) is 9.66 Å². The van der Waals surface area contributed by atoms with Gasteiger partial charge < -0.3 is 9.47 Å². The Bertz CT molecular complexity index is 1140. The van der Waals surface area contributed by atoms with Crippen LogP contribution < -0.4 is 15.0 Å². The molecule has 0 saturated carbocycles. The van der Waals surface area contributed by atoms with Crippen LogP contribution >= 0.6 is 15.9 Å². The number of aryl methyl sites for hydroxylation is 1. The zero-order valence-electron chi connectivity index (χ0n) is 17.1. The molecule has 3 rings (SSSR count). The van der Waals surface area contributed by atoms with Crippen molar-refractivity contribution >= 4 is 33.0 Å². The first-order valence-electron chi connectivity index (χ1n) is 9.83. The molecule has 0 unspecified atom stereocenters. The van der Waals surface area contributed by atoms with E-state index in [1.165, 1.54) is 4.68 Å². The summed E-state index contributed by atoms with van der Waals surface area (Å²) in [5, 5.41) is 4.97. The van der Waals surface area contributed by atoms with Crippen LogP contribution in [0.3, 0.4) is 0 Å². The van der Waals surface area contributed by atoms with Crippen molar-refractivity contribution in [3.63, 3.8) is 0 Å². The third-order valence-electron chi connectivity index (χ3n) is 4.30. The largest absolute Gasteiger partial charge is 0.490 e. The Morgan fingerprint density at radius 1 is 1.17 bits per heavy atom. The summed E-state index contributed by atoms with van der Waals surface area (Å²) in [4.78, 5) is 17.7. The van der Waals surface area contributed by atoms with E-state index < -0.39 is 0 Å². The molecule has 0 atom stereocenters. The standard InChI is InChI=1S/C23H24BrN3O3/c1-4-7-22-26-19-10-9-17(24)14-18(19)23(28)27(22)25-15-16-8-11-20(30-12-5-2)21(13-16)29-6-3/h5,8-11,13-15H,2,4,6-7,12H2,1,3H3. The molecule has 6 nitrogen and oxygen atoms in total. The first-order valence-corrected chi connectivity index (χ1v) is 10.6. The highest BCUT2D eigenvalue weighted by atomic mass is 79.9. The molecule has 156 valence electrons. The Hall–Kier alpha value is -2.93. The maximum atomic E-state index is 13.1. The molecule has 30 heavy (non-hydrogen) atoms. The fourth-order valence-corrected chi connectivity index (χ4v) is 3.33. The molecule has 7 heteroatoms. The average Bonchev–Trinajstić information content (AvgIpc) is 2.74. The van der Waals surface area contributed by atoms with Crippen LogP contribution in [-0.4, -0.2) is 29.1 Å². The van der Waals surface area contributed by atoms with E-state index in [2.05, 4.69) is 32.6 Å². The minimum atomic E-state index is -0.197. The van der Waals surface area contributed by atoms with Crippen molar-refractivity contribution in [2.24, 2.45) is 5.10 Å². The normalized spacial score (nSPS) is 11.2. The first kappa shape index (κ1) is 21.8. The minimum absolute atomic E-state index is 0.197. The predicted molar refractivity (Wildman–Crippen MR) is 124 cm³/mol. The van der Waals surface area contributed by atoms with Crippen LogP contribution in [0.4, 0.5) is 0 Å². The van der Waals surface area contributed by atoms with Crippen LogP contribution in [0.1, 0.15) is 31.7 Å². The summed E-state index contributed by atoms with van der Waals surface area (Å²) in [6, 6.07) is 11.0. The van der Waals surface area contributed by atoms with Crippen molar-refractivity contribution in [3.05, 3.63) is 75.3 Å². The molecule has 0 aliphatic rings. The average molecular weight is 470 g/mol. The number of hydrogen-bond acceptors (Lipinski definition) is 5. The number of fused-ring (bicyclic) bond motifs is 1. The van der Waals surface area contributed by atoms with Crippen LogP contribution in [0.15, 0.2) is 63.4 Å². The lowest BCUT2D eigenvalue weighted by Gasteiger charge is -2.11. The molecule has 1 aromatic heterocycles. The van der Waals surface area contributed by atoms with Gasteiger partial charge >= 0.3 is 0 Å². The molecule has 1 heterocycles. The highest BCUT2D eigenvalue weighted by Gasteiger charge is 2.11. The van der Waals surface area contributed by atoms with Gasteiger partial charge in [0.05, 0.1) is 23.7 Å². The number of benzene rings is 2. The summed E-state index contributed by atoms with van der Waals surface area (Å²) >= 11 is 3.42. The van der Waals surface area contributed by atoms with Gasteiger partial charge in [-0.25, -0.2) is 4.98 Å². The van der Waals surface area contributed by atoms with E-state index >= 15 is 0 Å². The van der Waals surface area contributed by atoms with Gasteiger partial charge in [0, 0.05) is 10.9 Å². The quantitative estimate of drug-likeness (QED) is 0.328. The lowest BCUT2D eigenvalue weighted by molar-refractivity contribution is 0.297. The Morgan fingerprint density at radius 2 is 2.00 bits per heavy atom. The van der Waals surface area contributed by atoms with Crippen LogP contribution in [-0.2, 0) is 6.42 Å². The molecule has 0 aliphatic heterocycles. The maximum absolute atomic E-state index is 13.1. The summed E-state index contributed by atoms with van der Waals surface area (Å²) in [7, 11) is 0. The molecule has 3 aromatic rings. The van der Waals surface area contributed by atoms with E-state index in [1.807, 2.05) is 44.2 Å². The zero-order chi connectivity index (χ0) is 21.5. The van der Waals surface area contributed by atoms with Gasteiger partial charge in [0.2, 0.25) is 0 Å². The molecule has 0 radical (unpaired) electrons. The summed E-state index contributed by atoms with van der Waals surface area (Å²) in [6.45, 7) is 8.52. The second-order valence-corrected chi connectivity index (χ2v) is 7.46. The SMILES string of the molecule is C=CCOc1ccc(C=Nn2c(CCC)nc3ccc(Br)cc3c2=O)cc1OCC. The van der Waals surface area contributed by atoms with E-state index in [4.69, 9.17) is 9.47 Å². The molecule has 0 aliphatic carbocycles. The first-order chi connectivity index (χ1) is 14.6. The van der Waals surface area contributed by atoms with E-state index in [9.17, 15) is 4.79 Å². The van der Waals surface area contributed by atoms with E-state index in [1.54, 1.807) is 18.4 Å². The fourth-order valence-electron chi connectivity index (χ4n) is 2.96. The third kappa shape index (κ3) is 4.97. The zero-order valence-corrected chi connectivity index (χ0v) is 18.7. The molecule has 0 amide bonds. The van der Waals surface area contributed by atoms with E-state index in [0.29, 0.717) is 47.9 Å². The number of halogens is 1. The van der Waals surface area contributed by atoms with E-state index in [0.717, 1.165) is 16.5 Å². The lowest BCUT2D eigenvalue weighted by Crippen LogP contribution is -2.22. The lowest BCUT2D eigenvalue weighted by atomic mass is 10.2. The molecule has 2 aromatic carbocycles. The Balaban J connectivity index is 2.03. The summed E-state index contributed by atoms with van der Waals surface area (Å²) in [6.07, 6.45) is 4.81. The van der Waals surface area contributed by atoms with Crippen molar-refractivity contribution in [2.45, 2.75) is 26.7 Å². The monoisotopic (exact) mass is 469 g/mol. The number of ether oxygens (including phenoxy) is 2. The number of aromatic nitrogens is 2. The van der Waals surface area contributed by atoms with Crippen molar-refractivity contribution < 1.29 is 9.47 Å². The summed E-state index contributed by atoms with van der Waals surface area (Å²) in [5.74, 6) is 1.88. The van der Waals surface area contributed by atoms with Gasteiger partial charge in [-0.15, -0.1) is 0 Å². The smallest absolute Gasteiger partial charge is 0.282 e. The fraction of sp³-hybridized carbons (Fsp3) is 0.261. The van der Waals surface area contributed by atoms with Gasteiger partial charge in [-0.3, -0.25) is 4.79 Å². The molecule has 0 saturated heterocycles. The minimum Gasteiger partial charge on any atom is -0.490 e. The summed E-state index contributed by atoms with van der Waals surface area (Å²) < 4.78 is 13.5. The summed E-state index contributed by atoms with van der Waals surface area (Å²) in [5.41, 5.74) is 1.26. The molecular weight excluding hydrogens is 446 g/mol. The predicted octanol–water partition coefficient (Wildman–Crippen LogP) is 4.96. The van der Waals surface area contributed by atoms with Crippen LogP contribution in [0, 0.1) is 0 Å². The second kappa shape index (κ2) is 10.2. The Kier molecular flexibility index (Phi) is 7.41. The molecular formula is C23H24BrN3O3. The topological polar surface area (TPSA) is 65.7 Å². The Labute approximate surface area is 184 Å². The van der Waals surface area contributed by atoms with Gasteiger partial charge in [-0.1, -0.05) is 35.5 Å². The highest BCUT2D eigenvalue weighted by Crippen LogP contribution is 2.28. The van der Waals surface area contributed by atoms with E-state index in [-0.39, 0.29) is 5.56 Å². The van der Waals surface area contributed by atoms with Gasteiger partial charge in [-0.05, 0) is 55.3 Å². The Morgan fingerprint density at radius 3 is 2.73 bits per heavy atom. The molecule has 0 spiro atoms. The number of hydrogen-bond donors (Lipinski definition) is 0. The van der Waals surface area contributed by atoms with Gasteiger partial charge in [0.25, 0.3) is 5.56 Å².